The molecular weight excluding hydrogens is 150 g/mol. The first-order valence-corrected chi connectivity index (χ1v) is 4.72. The van der Waals surface area contributed by atoms with E-state index in [1.54, 1.807) is 0 Å². The van der Waals surface area contributed by atoms with Crippen LogP contribution in [-0.2, 0) is 4.79 Å². The second kappa shape index (κ2) is 5.31. The Bertz CT molecular complexity index is 143. The summed E-state index contributed by atoms with van der Waals surface area (Å²) in [6.07, 6.45) is 1.10. The fraction of sp³-hybridized carbons (Fsp3) is 0.900. The molecule has 0 radical (unpaired) electrons. The molecule has 2 heteroatoms. The quantitative estimate of drug-likeness (QED) is 0.630. The van der Waals surface area contributed by atoms with Crippen LogP contribution in [0, 0.1) is 5.92 Å². The molecule has 0 amide bonds. The molecule has 72 valence electrons. The average Bonchev–Trinajstić information content (AvgIpc) is 2.02. The summed E-state index contributed by atoms with van der Waals surface area (Å²) in [5, 5.41) is 0. The van der Waals surface area contributed by atoms with Gasteiger partial charge in [-0.15, -0.1) is 0 Å². The van der Waals surface area contributed by atoms with Crippen LogP contribution in [0.15, 0.2) is 0 Å². The van der Waals surface area contributed by atoms with Crippen LogP contribution in [0.5, 0.6) is 0 Å². The molecule has 1 atom stereocenters. The molecule has 0 N–H and O–H groups in total. The lowest BCUT2D eigenvalue weighted by Gasteiger charge is -2.23. The lowest BCUT2D eigenvalue weighted by atomic mass is 10.1. The topological polar surface area (TPSA) is 20.3 Å². The zero-order valence-electron chi connectivity index (χ0n) is 8.92. The van der Waals surface area contributed by atoms with Gasteiger partial charge in [0.15, 0.2) is 0 Å². The second-order valence-electron chi connectivity index (χ2n) is 3.79. The van der Waals surface area contributed by atoms with Crippen LogP contribution in [0.2, 0.25) is 0 Å². The van der Waals surface area contributed by atoms with Crippen molar-refractivity contribution in [1.82, 2.24) is 4.90 Å². The van der Waals surface area contributed by atoms with E-state index in [0.717, 1.165) is 6.42 Å². The van der Waals surface area contributed by atoms with Crippen molar-refractivity contribution < 1.29 is 4.79 Å². The maximum absolute atomic E-state index is 11.3. The lowest BCUT2D eigenvalue weighted by Crippen LogP contribution is -2.34. The standard InChI is InChI=1S/C10H21NO/c1-6-9(4)11(5)7-10(12)8(2)3/h8-9H,6-7H2,1-5H3. The number of ketones is 1. The van der Waals surface area contributed by atoms with Gasteiger partial charge in [-0.25, -0.2) is 0 Å². The summed E-state index contributed by atoms with van der Waals surface area (Å²) >= 11 is 0. The van der Waals surface area contributed by atoms with E-state index in [-0.39, 0.29) is 5.92 Å². The number of carbonyl (C=O) groups is 1. The molecule has 0 aromatic heterocycles. The molecule has 0 aromatic rings. The van der Waals surface area contributed by atoms with Crippen molar-refractivity contribution in [1.29, 1.82) is 0 Å². The van der Waals surface area contributed by atoms with Gasteiger partial charge in [-0.2, -0.15) is 0 Å². The molecule has 0 bridgehead atoms. The predicted octanol–water partition coefficient (Wildman–Crippen LogP) is 1.94. The molecule has 0 saturated carbocycles. The van der Waals surface area contributed by atoms with Gasteiger partial charge < -0.3 is 0 Å². The van der Waals surface area contributed by atoms with Crippen LogP contribution in [0.1, 0.15) is 34.1 Å². The van der Waals surface area contributed by atoms with Crippen LogP contribution < -0.4 is 0 Å². The summed E-state index contributed by atoms with van der Waals surface area (Å²) in [7, 11) is 2.01. The Labute approximate surface area is 75.9 Å². The van der Waals surface area contributed by atoms with Gasteiger partial charge in [0.25, 0.3) is 0 Å². The molecule has 0 aliphatic heterocycles. The first-order valence-electron chi connectivity index (χ1n) is 4.72. The highest BCUT2D eigenvalue weighted by Gasteiger charge is 2.13. The van der Waals surface area contributed by atoms with Crippen molar-refractivity contribution in [2.45, 2.75) is 40.2 Å². The number of rotatable bonds is 5. The van der Waals surface area contributed by atoms with E-state index >= 15 is 0 Å². The van der Waals surface area contributed by atoms with Gasteiger partial charge in [-0.3, -0.25) is 9.69 Å². The van der Waals surface area contributed by atoms with Crippen molar-refractivity contribution >= 4 is 5.78 Å². The van der Waals surface area contributed by atoms with Gasteiger partial charge in [0.1, 0.15) is 5.78 Å². The second-order valence-corrected chi connectivity index (χ2v) is 3.79. The van der Waals surface area contributed by atoms with Crippen LogP contribution in [0.3, 0.4) is 0 Å². The van der Waals surface area contributed by atoms with Crippen molar-refractivity contribution in [2.75, 3.05) is 13.6 Å². The van der Waals surface area contributed by atoms with E-state index in [4.69, 9.17) is 0 Å². The Morgan fingerprint density at radius 2 is 1.83 bits per heavy atom. The Morgan fingerprint density at radius 3 is 2.17 bits per heavy atom. The van der Waals surface area contributed by atoms with Crippen LogP contribution in [-0.4, -0.2) is 30.3 Å². The van der Waals surface area contributed by atoms with Crippen molar-refractivity contribution in [2.24, 2.45) is 5.92 Å². The molecule has 0 aliphatic rings. The SMILES string of the molecule is CCC(C)N(C)CC(=O)C(C)C. The summed E-state index contributed by atoms with van der Waals surface area (Å²) < 4.78 is 0. The van der Waals surface area contributed by atoms with Crippen LogP contribution >= 0.6 is 0 Å². The highest BCUT2D eigenvalue weighted by Crippen LogP contribution is 2.02. The molecule has 0 heterocycles. The van der Waals surface area contributed by atoms with Crippen molar-refractivity contribution in [3.63, 3.8) is 0 Å². The maximum atomic E-state index is 11.3. The van der Waals surface area contributed by atoms with E-state index in [1.807, 2.05) is 20.9 Å². The monoisotopic (exact) mass is 171 g/mol. The van der Waals surface area contributed by atoms with Gasteiger partial charge in [-0.05, 0) is 20.4 Å². The van der Waals surface area contributed by atoms with Gasteiger partial charge >= 0.3 is 0 Å². The summed E-state index contributed by atoms with van der Waals surface area (Å²) in [5.74, 6) is 0.495. The summed E-state index contributed by atoms with van der Waals surface area (Å²) in [6, 6.07) is 0.507. The zero-order chi connectivity index (χ0) is 9.72. The van der Waals surface area contributed by atoms with E-state index < -0.39 is 0 Å². The van der Waals surface area contributed by atoms with E-state index in [0.29, 0.717) is 18.4 Å². The molecule has 2 nitrogen and oxygen atoms in total. The molecule has 12 heavy (non-hydrogen) atoms. The number of Topliss-reactive ketones (excluding diaryl/α,β-unsaturated/α-hetero) is 1. The zero-order valence-corrected chi connectivity index (χ0v) is 8.92. The minimum absolute atomic E-state index is 0.163. The fourth-order valence-corrected chi connectivity index (χ4v) is 0.896. The Balaban J connectivity index is 3.83. The summed E-state index contributed by atoms with van der Waals surface area (Å²) in [5.41, 5.74) is 0. The van der Waals surface area contributed by atoms with Crippen molar-refractivity contribution in [3.05, 3.63) is 0 Å². The first kappa shape index (κ1) is 11.6. The average molecular weight is 171 g/mol. The molecule has 0 aromatic carbocycles. The molecular formula is C10H21NO. The largest absolute Gasteiger partial charge is 0.298 e. The van der Waals surface area contributed by atoms with Gasteiger partial charge in [0.2, 0.25) is 0 Å². The molecule has 0 aliphatic carbocycles. The Kier molecular flexibility index (Phi) is 5.14. The van der Waals surface area contributed by atoms with Gasteiger partial charge in [0.05, 0.1) is 6.54 Å². The maximum Gasteiger partial charge on any atom is 0.149 e. The normalized spacial score (nSPS) is 13.9. The van der Waals surface area contributed by atoms with Gasteiger partial charge in [-0.1, -0.05) is 20.8 Å². The molecule has 0 spiro atoms. The number of likely N-dealkylation sites (N-methyl/N-ethyl adjacent to an activating group) is 1. The number of hydrogen-bond acceptors (Lipinski definition) is 2. The summed E-state index contributed by atoms with van der Waals surface area (Å²) in [6.45, 7) is 8.78. The smallest absolute Gasteiger partial charge is 0.149 e. The highest BCUT2D eigenvalue weighted by atomic mass is 16.1. The molecule has 0 saturated heterocycles. The number of nitrogens with zero attached hydrogens (tertiary/aromatic N) is 1. The van der Waals surface area contributed by atoms with Crippen LogP contribution in [0.4, 0.5) is 0 Å². The molecule has 0 fully saturated rings. The number of carbonyl (C=O) groups excluding carboxylic acids is 1. The van der Waals surface area contributed by atoms with E-state index in [1.165, 1.54) is 0 Å². The lowest BCUT2D eigenvalue weighted by molar-refractivity contribution is -0.123. The third-order valence-corrected chi connectivity index (χ3v) is 2.39. The van der Waals surface area contributed by atoms with E-state index in [2.05, 4.69) is 18.7 Å². The third-order valence-electron chi connectivity index (χ3n) is 2.39. The number of hydrogen-bond donors (Lipinski definition) is 0. The predicted molar refractivity (Wildman–Crippen MR) is 52.2 cm³/mol. The van der Waals surface area contributed by atoms with Crippen molar-refractivity contribution in [3.8, 4) is 0 Å². The Morgan fingerprint density at radius 1 is 1.33 bits per heavy atom. The molecule has 1 unspecified atom stereocenters. The summed E-state index contributed by atoms with van der Waals surface area (Å²) in [4.78, 5) is 13.4. The van der Waals surface area contributed by atoms with Crippen LogP contribution in [0.25, 0.3) is 0 Å². The minimum atomic E-state index is 0.163. The fourth-order valence-electron chi connectivity index (χ4n) is 0.896. The highest BCUT2D eigenvalue weighted by molar-refractivity contribution is 5.82. The first-order chi connectivity index (χ1) is 5.49. The Hall–Kier alpha value is -0.370. The van der Waals surface area contributed by atoms with E-state index in [9.17, 15) is 4.79 Å². The minimum Gasteiger partial charge on any atom is -0.298 e. The van der Waals surface area contributed by atoms with Gasteiger partial charge in [0, 0.05) is 12.0 Å². The third kappa shape index (κ3) is 3.86. The molecule has 0 rings (SSSR count).